The summed E-state index contributed by atoms with van der Waals surface area (Å²) >= 11 is 9.62. The maximum atomic E-state index is 6.17. The van der Waals surface area contributed by atoms with E-state index in [1.807, 2.05) is 19.2 Å². The summed E-state index contributed by atoms with van der Waals surface area (Å²) in [7, 11) is 1.98. The second-order valence-electron chi connectivity index (χ2n) is 4.56. The Balaban J connectivity index is 2.09. The highest BCUT2D eigenvalue weighted by atomic mass is 79.9. The fourth-order valence-electron chi connectivity index (χ4n) is 2.29. The summed E-state index contributed by atoms with van der Waals surface area (Å²) in [6.07, 6.45) is 2.56. The van der Waals surface area contributed by atoms with Crippen molar-refractivity contribution in [2.24, 2.45) is 5.92 Å². The van der Waals surface area contributed by atoms with Crippen LogP contribution in [0.2, 0.25) is 5.02 Å². The van der Waals surface area contributed by atoms with Gasteiger partial charge in [0.15, 0.2) is 5.58 Å². The molecule has 0 bridgehead atoms. The Kier molecular flexibility index (Phi) is 2.93. The Morgan fingerprint density at radius 1 is 1.41 bits per heavy atom. The maximum Gasteiger partial charge on any atom is 0.153 e. The van der Waals surface area contributed by atoms with Gasteiger partial charge in [-0.1, -0.05) is 27.5 Å². The summed E-state index contributed by atoms with van der Waals surface area (Å²) in [6.45, 7) is 0. The zero-order valence-corrected chi connectivity index (χ0v) is 11.8. The summed E-state index contributed by atoms with van der Waals surface area (Å²) in [4.78, 5) is 0. The van der Waals surface area contributed by atoms with Gasteiger partial charge in [-0.05, 0) is 44.0 Å². The van der Waals surface area contributed by atoms with Gasteiger partial charge < -0.3 is 9.73 Å². The van der Waals surface area contributed by atoms with Crippen molar-refractivity contribution in [3.63, 3.8) is 0 Å². The van der Waals surface area contributed by atoms with Crippen LogP contribution in [0.4, 0.5) is 0 Å². The zero-order valence-electron chi connectivity index (χ0n) is 9.47. The summed E-state index contributed by atoms with van der Waals surface area (Å²) in [6, 6.07) is 6.30. The van der Waals surface area contributed by atoms with Crippen molar-refractivity contribution in [1.82, 2.24) is 5.32 Å². The monoisotopic (exact) mass is 313 g/mol. The second-order valence-corrected chi connectivity index (χ2v) is 5.88. The van der Waals surface area contributed by atoms with Gasteiger partial charge in [0, 0.05) is 9.86 Å². The third kappa shape index (κ3) is 2.12. The van der Waals surface area contributed by atoms with Gasteiger partial charge in [-0.2, -0.15) is 0 Å². The average Bonchev–Trinajstić information content (AvgIpc) is 3.00. The summed E-state index contributed by atoms with van der Waals surface area (Å²) in [5.74, 6) is 1.70. The van der Waals surface area contributed by atoms with Crippen LogP contribution in [0.1, 0.15) is 24.6 Å². The topological polar surface area (TPSA) is 25.2 Å². The molecule has 4 heteroatoms. The van der Waals surface area contributed by atoms with Crippen molar-refractivity contribution >= 4 is 38.5 Å². The molecule has 2 nitrogen and oxygen atoms in total. The largest absolute Gasteiger partial charge is 0.458 e. The number of hydrogen-bond donors (Lipinski definition) is 1. The highest BCUT2D eigenvalue weighted by molar-refractivity contribution is 9.10. The molecule has 1 aliphatic rings. The van der Waals surface area contributed by atoms with E-state index in [0.29, 0.717) is 17.0 Å². The van der Waals surface area contributed by atoms with Gasteiger partial charge in [0.25, 0.3) is 0 Å². The molecule has 1 saturated carbocycles. The SMILES string of the molecule is CNC(c1cc2cc(Br)cc(Cl)c2o1)C1CC1. The molecular formula is C13H13BrClNO. The fraction of sp³-hybridized carbons (Fsp3) is 0.385. The van der Waals surface area contributed by atoms with Gasteiger partial charge >= 0.3 is 0 Å². The molecule has 0 radical (unpaired) electrons. The molecule has 0 aliphatic heterocycles. The molecule has 1 unspecified atom stereocenters. The van der Waals surface area contributed by atoms with E-state index in [9.17, 15) is 0 Å². The van der Waals surface area contributed by atoms with Gasteiger partial charge in [-0.15, -0.1) is 0 Å². The number of hydrogen-bond acceptors (Lipinski definition) is 2. The number of benzene rings is 1. The van der Waals surface area contributed by atoms with Crippen molar-refractivity contribution in [3.05, 3.63) is 33.5 Å². The third-order valence-corrected chi connectivity index (χ3v) is 4.00. The van der Waals surface area contributed by atoms with E-state index in [2.05, 4.69) is 27.3 Å². The molecule has 0 saturated heterocycles. The number of nitrogens with one attached hydrogen (secondary N) is 1. The van der Waals surface area contributed by atoms with Gasteiger partial charge in [-0.25, -0.2) is 0 Å². The lowest BCUT2D eigenvalue weighted by atomic mass is 10.1. The molecule has 0 amide bonds. The van der Waals surface area contributed by atoms with Gasteiger partial charge in [0.2, 0.25) is 0 Å². The van der Waals surface area contributed by atoms with Crippen LogP contribution >= 0.6 is 27.5 Å². The van der Waals surface area contributed by atoms with E-state index in [1.165, 1.54) is 12.8 Å². The molecule has 90 valence electrons. The van der Waals surface area contributed by atoms with Crippen LogP contribution in [0.5, 0.6) is 0 Å². The molecule has 1 aliphatic carbocycles. The molecule has 1 aromatic heterocycles. The molecule has 1 atom stereocenters. The standard InChI is InChI=1S/C13H13BrClNO/c1-16-12(7-2-3-7)11-5-8-4-9(14)6-10(15)13(8)17-11/h4-7,12,16H,2-3H2,1H3. The maximum absolute atomic E-state index is 6.17. The molecule has 1 heterocycles. The molecule has 17 heavy (non-hydrogen) atoms. The van der Waals surface area contributed by atoms with Crippen LogP contribution < -0.4 is 5.32 Å². The van der Waals surface area contributed by atoms with Gasteiger partial charge in [-0.3, -0.25) is 0 Å². The van der Waals surface area contributed by atoms with Crippen molar-refractivity contribution < 1.29 is 4.42 Å². The summed E-state index contributed by atoms with van der Waals surface area (Å²) in [5, 5.41) is 5.04. The van der Waals surface area contributed by atoms with E-state index in [-0.39, 0.29) is 0 Å². The third-order valence-electron chi connectivity index (χ3n) is 3.27. The van der Waals surface area contributed by atoms with E-state index >= 15 is 0 Å². The lowest BCUT2D eigenvalue weighted by Crippen LogP contribution is -2.17. The number of furan rings is 1. The molecule has 0 spiro atoms. The Labute approximate surface area is 113 Å². The fourth-order valence-corrected chi connectivity index (χ4v) is 3.16. The molecular weight excluding hydrogens is 302 g/mol. The van der Waals surface area contributed by atoms with Gasteiger partial charge in [0.1, 0.15) is 5.76 Å². The normalized spacial score (nSPS) is 17.6. The molecule has 1 N–H and O–H groups in total. The molecule has 2 aromatic rings. The first-order chi connectivity index (χ1) is 8.19. The van der Waals surface area contributed by atoms with Crippen LogP contribution in [-0.2, 0) is 0 Å². The minimum atomic E-state index is 0.317. The highest BCUT2D eigenvalue weighted by Crippen LogP contribution is 2.43. The lowest BCUT2D eigenvalue weighted by molar-refractivity contribution is 0.419. The predicted molar refractivity (Wildman–Crippen MR) is 73.4 cm³/mol. The van der Waals surface area contributed by atoms with Crippen LogP contribution in [0.25, 0.3) is 11.0 Å². The predicted octanol–water partition coefficient (Wildman–Crippen LogP) is 4.52. The van der Waals surface area contributed by atoms with Crippen molar-refractivity contribution in [2.75, 3.05) is 7.05 Å². The summed E-state index contributed by atoms with van der Waals surface area (Å²) in [5.41, 5.74) is 0.783. The second kappa shape index (κ2) is 4.30. The average molecular weight is 315 g/mol. The van der Waals surface area contributed by atoms with Crippen molar-refractivity contribution in [3.8, 4) is 0 Å². The van der Waals surface area contributed by atoms with E-state index < -0.39 is 0 Å². The quantitative estimate of drug-likeness (QED) is 0.901. The summed E-state index contributed by atoms with van der Waals surface area (Å²) < 4.78 is 6.87. The molecule has 3 rings (SSSR count). The first-order valence-corrected chi connectivity index (χ1v) is 6.92. The Morgan fingerprint density at radius 2 is 2.18 bits per heavy atom. The van der Waals surface area contributed by atoms with Crippen LogP contribution in [0, 0.1) is 5.92 Å². The zero-order chi connectivity index (χ0) is 12.0. The minimum Gasteiger partial charge on any atom is -0.458 e. The van der Waals surface area contributed by atoms with E-state index in [1.54, 1.807) is 0 Å². The van der Waals surface area contributed by atoms with E-state index in [4.69, 9.17) is 16.0 Å². The lowest BCUT2D eigenvalue weighted by Gasteiger charge is -2.11. The minimum absolute atomic E-state index is 0.317. The molecule has 1 fully saturated rings. The molecule has 1 aromatic carbocycles. The van der Waals surface area contributed by atoms with Crippen molar-refractivity contribution in [2.45, 2.75) is 18.9 Å². The van der Waals surface area contributed by atoms with Crippen LogP contribution in [0.3, 0.4) is 0 Å². The van der Waals surface area contributed by atoms with E-state index in [0.717, 1.165) is 21.2 Å². The Bertz CT molecular complexity index is 562. The number of halogens is 2. The number of rotatable bonds is 3. The van der Waals surface area contributed by atoms with Crippen LogP contribution in [-0.4, -0.2) is 7.05 Å². The number of fused-ring (bicyclic) bond motifs is 1. The highest BCUT2D eigenvalue weighted by Gasteiger charge is 2.33. The van der Waals surface area contributed by atoms with Gasteiger partial charge in [0.05, 0.1) is 11.1 Å². The smallest absolute Gasteiger partial charge is 0.153 e. The first kappa shape index (κ1) is 11.6. The van der Waals surface area contributed by atoms with Crippen molar-refractivity contribution in [1.29, 1.82) is 0 Å². The van der Waals surface area contributed by atoms with Crippen LogP contribution in [0.15, 0.2) is 27.1 Å². The Morgan fingerprint density at radius 3 is 2.82 bits per heavy atom. The first-order valence-electron chi connectivity index (χ1n) is 5.75. The Hall–Kier alpha value is -0.510.